The van der Waals surface area contributed by atoms with Gasteiger partial charge in [0.05, 0.1) is 6.42 Å². The minimum absolute atomic E-state index is 0.235. The molecule has 3 aromatic carbocycles. The first-order valence-electron chi connectivity index (χ1n) is 15.3. The van der Waals surface area contributed by atoms with Crippen molar-refractivity contribution in [2.45, 2.75) is 70.4 Å². The smallest absolute Gasteiger partial charge is 0.303 e. The molecule has 0 aliphatic carbocycles. The molecule has 0 aromatic heterocycles. The predicted octanol–water partition coefficient (Wildman–Crippen LogP) is 4.19. The molecular weight excluding hydrogens is 574 g/mol. The van der Waals surface area contributed by atoms with E-state index in [1.165, 1.54) is 4.90 Å². The van der Waals surface area contributed by atoms with Crippen LogP contribution in [-0.4, -0.2) is 64.7 Å². The fourth-order valence-corrected chi connectivity index (χ4v) is 5.28. The summed E-state index contributed by atoms with van der Waals surface area (Å²) in [6.45, 7) is 3.96. The van der Waals surface area contributed by atoms with Crippen LogP contribution in [0, 0.1) is 5.92 Å². The third-order valence-corrected chi connectivity index (χ3v) is 7.60. The van der Waals surface area contributed by atoms with Gasteiger partial charge in [-0.15, -0.1) is 0 Å². The van der Waals surface area contributed by atoms with E-state index in [2.05, 4.69) is 10.6 Å². The number of para-hydroxylation sites is 2. The first-order chi connectivity index (χ1) is 21.7. The van der Waals surface area contributed by atoms with Crippen LogP contribution < -0.4 is 20.1 Å². The number of hydrogen-bond donors (Lipinski definition) is 3. The summed E-state index contributed by atoms with van der Waals surface area (Å²) in [5.74, 6) is -1.47. The lowest BCUT2D eigenvalue weighted by Gasteiger charge is -2.33. The molecule has 45 heavy (non-hydrogen) atoms. The maximum Gasteiger partial charge on any atom is 0.303 e. The van der Waals surface area contributed by atoms with Crippen molar-refractivity contribution in [2.75, 3.05) is 6.54 Å². The molecule has 0 spiro atoms. The fourth-order valence-electron chi connectivity index (χ4n) is 5.28. The molecule has 10 heteroatoms. The molecule has 0 unspecified atom stereocenters. The van der Waals surface area contributed by atoms with Crippen LogP contribution in [0.4, 0.5) is 0 Å². The molecule has 1 heterocycles. The van der Waals surface area contributed by atoms with Crippen LogP contribution in [0.25, 0.3) is 0 Å². The zero-order valence-corrected chi connectivity index (χ0v) is 25.6. The van der Waals surface area contributed by atoms with Crippen LogP contribution in [0.3, 0.4) is 0 Å². The van der Waals surface area contributed by atoms with Crippen molar-refractivity contribution in [3.05, 3.63) is 96.6 Å². The van der Waals surface area contributed by atoms with Crippen LogP contribution in [0.5, 0.6) is 11.5 Å². The normalized spacial score (nSPS) is 15.7. The number of ether oxygens (including phenoxy) is 2. The molecule has 1 aliphatic rings. The number of aliphatic carboxylic acids is 1. The highest BCUT2D eigenvalue weighted by atomic mass is 16.7. The zero-order chi connectivity index (χ0) is 32.2. The Kier molecular flexibility index (Phi) is 12.0. The van der Waals surface area contributed by atoms with Crippen molar-refractivity contribution in [1.29, 1.82) is 0 Å². The standard InChI is InChI=1S/C35H41N3O7/c1-24(2)32(37-30(39)20-21-31(40)41)34(43)38-22-12-19-29(38)33(42)36-28(23-25-13-6-3-7-14-25)35(44-26-15-8-4-9-16-26)45-27-17-10-5-11-18-27/h3-11,13-18,24,28-29,32,35H,12,19-23H2,1-2H3,(H,36,42)(H,37,39)(H,40,41)/t28-,29-,32-/m0/s1. The van der Waals surface area contributed by atoms with Crippen LogP contribution >= 0.6 is 0 Å². The van der Waals surface area contributed by atoms with E-state index in [-0.39, 0.29) is 30.6 Å². The number of hydrogen-bond acceptors (Lipinski definition) is 6. The first-order valence-corrected chi connectivity index (χ1v) is 15.3. The molecule has 4 rings (SSSR count). The Bertz CT molecular complexity index is 1360. The first kappa shape index (κ1) is 33.0. The Morgan fingerprint density at radius 2 is 1.38 bits per heavy atom. The molecule has 0 bridgehead atoms. The van der Waals surface area contributed by atoms with Gasteiger partial charge >= 0.3 is 5.97 Å². The number of rotatable bonds is 15. The quantitative estimate of drug-likeness (QED) is 0.218. The SMILES string of the molecule is CC(C)[C@H](NC(=O)CCC(=O)O)C(=O)N1CCC[C@H]1C(=O)N[C@@H](Cc1ccccc1)C(Oc1ccccc1)Oc1ccccc1. The molecular formula is C35H41N3O7. The Hall–Kier alpha value is -4.86. The van der Waals surface area contributed by atoms with Crippen molar-refractivity contribution in [2.24, 2.45) is 5.92 Å². The summed E-state index contributed by atoms with van der Waals surface area (Å²) in [4.78, 5) is 52.6. The van der Waals surface area contributed by atoms with Crippen LogP contribution in [-0.2, 0) is 25.6 Å². The van der Waals surface area contributed by atoms with Crippen molar-refractivity contribution >= 4 is 23.7 Å². The number of nitrogens with zero attached hydrogens (tertiary/aromatic N) is 1. The lowest BCUT2D eigenvalue weighted by atomic mass is 10.0. The minimum atomic E-state index is -1.09. The number of carboxylic acids is 1. The predicted molar refractivity (Wildman–Crippen MR) is 168 cm³/mol. The summed E-state index contributed by atoms with van der Waals surface area (Å²) in [5.41, 5.74) is 0.962. The Morgan fingerprint density at radius 1 is 0.822 bits per heavy atom. The van der Waals surface area contributed by atoms with E-state index in [0.29, 0.717) is 37.3 Å². The highest BCUT2D eigenvalue weighted by molar-refractivity contribution is 5.93. The summed E-state index contributed by atoms with van der Waals surface area (Å²) in [6.07, 6.45) is -0.0133. The number of amides is 3. The molecule has 3 atom stereocenters. The molecule has 3 aromatic rings. The topological polar surface area (TPSA) is 134 Å². The molecule has 1 aliphatic heterocycles. The van der Waals surface area contributed by atoms with Crippen molar-refractivity contribution in [3.8, 4) is 11.5 Å². The van der Waals surface area contributed by atoms with Gasteiger partial charge in [0.15, 0.2) is 0 Å². The Labute approximate surface area is 263 Å². The number of nitrogens with one attached hydrogen (secondary N) is 2. The molecule has 238 valence electrons. The van der Waals surface area contributed by atoms with E-state index >= 15 is 0 Å². The number of carbonyl (C=O) groups is 4. The fraction of sp³-hybridized carbons (Fsp3) is 0.371. The maximum absolute atomic E-state index is 14.0. The maximum atomic E-state index is 14.0. The third-order valence-electron chi connectivity index (χ3n) is 7.60. The van der Waals surface area contributed by atoms with Gasteiger partial charge in [-0.25, -0.2) is 0 Å². The third kappa shape index (κ3) is 9.82. The van der Waals surface area contributed by atoms with Gasteiger partial charge in [0, 0.05) is 13.0 Å². The van der Waals surface area contributed by atoms with Gasteiger partial charge in [0.1, 0.15) is 29.6 Å². The second-order valence-electron chi connectivity index (χ2n) is 11.4. The summed E-state index contributed by atoms with van der Waals surface area (Å²) in [5, 5.41) is 14.8. The average molecular weight is 616 g/mol. The monoisotopic (exact) mass is 615 g/mol. The summed E-state index contributed by atoms with van der Waals surface area (Å²) < 4.78 is 12.7. The molecule has 10 nitrogen and oxygen atoms in total. The lowest BCUT2D eigenvalue weighted by molar-refractivity contribution is -0.143. The summed E-state index contributed by atoms with van der Waals surface area (Å²) >= 11 is 0. The van der Waals surface area contributed by atoms with Gasteiger partial charge in [-0.05, 0) is 55.0 Å². The van der Waals surface area contributed by atoms with Gasteiger partial charge in [0.2, 0.25) is 17.7 Å². The number of benzene rings is 3. The molecule has 1 fully saturated rings. The molecule has 3 N–H and O–H groups in total. The molecule has 0 radical (unpaired) electrons. The van der Waals surface area contributed by atoms with Crippen molar-refractivity contribution in [3.63, 3.8) is 0 Å². The zero-order valence-electron chi connectivity index (χ0n) is 25.6. The summed E-state index contributed by atoms with van der Waals surface area (Å²) in [6, 6.07) is 25.8. The van der Waals surface area contributed by atoms with Crippen LogP contribution in [0.1, 0.15) is 45.1 Å². The minimum Gasteiger partial charge on any atom is -0.481 e. The highest BCUT2D eigenvalue weighted by Crippen LogP contribution is 2.23. The second kappa shape index (κ2) is 16.3. The number of carboxylic acid groups (broad SMARTS) is 1. The van der Waals surface area contributed by atoms with Crippen LogP contribution in [0.15, 0.2) is 91.0 Å². The van der Waals surface area contributed by atoms with Crippen molar-refractivity contribution in [1.82, 2.24) is 15.5 Å². The molecule has 1 saturated heterocycles. The summed E-state index contributed by atoms with van der Waals surface area (Å²) in [7, 11) is 0. The number of carbonyl (C=O) groups excluding carboxylic acids is 3. The van der Waals surface area contributed by atoms with Gasteiger partial charge in [-0.1, -0.05) is 80.6 Å². The Morgan fingerprint density at radius 3 is 1.91 bits per heavy atom. The van der Waals surface area contributed by atoms with E-state index in [4.69, 9.17) is 14.6 Å². The molecule has 3 amide bonds. The Balaban J connectivity index is 1.57. The van der Waals surface area contributed by atoms with E-state index in [1.807, 2.05) is 91.0 Å². The van der Waals surface area contributed by atoms with Gasteiger partial charge in [-0.2, -0.15) is 0 Å². The van der Waals surface area contributed by atoms with E-state index in [1.54, 1.807) is 13.8 Å². The largest absolute Gasteiger partial charge is 0.481 e. The van der Waals surface area contributed by atoms with Crippen LogP contribution in [0.2, 0.25) is 0 Å². The average Bonchev–Trinajstić information content (AvgIpc) is 3.53. The van der Waals surface area contributed by atoms with E-state index in [9.17, 15) is 19.2 Å². The van der Waals surface area contributed by atoms with Gasteiger partial charge < -0.3 is 30.1 Å². The van der Waals surface area contributed by atoms with E-state index in [0.717, 1.165) is 5.56 Å². The van der Waals surface area contributed by atoms with Crippen molar-refractivity contribution < 1.29 is 33.8 Å². The van der Waals surface area contributed by atoms with E-state index < -0.39 is 36.3 Å². The second-order valence-corrected chi connectivity index (χ2v) is 11.4. The molecule has 0 saturated carbocycles. The lowest BCUT2D eigenvalue weighted by Crippen LogP contribution is -2.58. The highest BCUT2D eigenvalue weighted by Gasteiger charge is 2.40. The number of likely N-dealkylation sites (tertiary alicyclic amines) is 1. The van der Waals surface area contributed by atoms with Gasteiger partial charge in [0.25, 0.3) is 6.29 Å². The van der Waals surface area contributed by atoms with Gasteiger partial charge in [-0.3, -0.25) is 19.2 Å².